The second-order valence-electron chi connectivity index (χ2n) is 4.11. The Labute approximate surface area is 119 Å². The molecule has 0 radical (unpaired) electrons. The molecule has 0 amide bonds. The number of hydrogen-bond acceptors (Lipinski definition) is 4. The van der Waals surface area contributed by atoms with Gasteiger partial charge in [0.1, 0.15) is 0 Å². The summed E-state index contributed by atoms with van der Waals surface area (Å²) in [6, 6.07) is 7.72. The summed E-state index contributed by atoms with van der Waals surface area (Å²) in [5.41, 5.74) is 9.27. The monoisotopic (exact) mass is 294 g/mol. The van der Waals surface area contributed by atoms with Crippen molar-refractivity contribution in [3.05, 3.63) is 46.1 Å². The van der Waals surface area contributed by atoms with E-state index in [4.69, 9.17) is 11.6 Å². The average Bonchev–Trinajstić information content (AvgIpc) is 2.83. The molecule has 0 atom stereocenters. The molecule has 5 nitrogen and oxygen atoms in total. The van der Waals surface area contributed by atoms with E-state index >= 15 is 0 Å². The summed E-state index contributed by atoms with van der Waals surface area (Å²) in [6.45, 7) is 0.796. The number of aromatic nitrogens is 3. The number of thioether (sulfide) groups is 1. The molecule has 0 spiro atoms. The SMILES string of the molecule is [NH3+]CCc1nnc2n1NC(c1ccc(Cl)cc1)=CS2. The summed E-state index contributed by atoms with van der Waals surface area (Å²) >= 11 is 7.46. The van der Waals surface area contributed by atoms with Gasteiger partial charge >= 0.3 is 0 Å². The zero-order valence-electron chi connectivity index (χ0n) is 10.1. The molecule has 0 bridgehead atoms. The first-order valence-corrected chi connectivity index (χ1v) is 7.17. The lowest BCUT2D eigenvalue weighted by molar-refractivity contribution is -0.366. The lowest BCUT2D eigenvalue weighted by Crippen LogP contribution is -2.51. The summed E-state index contributed by atoms with van der Waals surface area (Å²) in [5, 5.41) is 11.9. The second kappa shape index (κ2) is 5.24. The third kappa shape index (κ3) is 2.47. The quantitative estimate of drug-likeness (QED) is 0.897. The highest BCUT2D eigenvalue weighted by molar-refractivity contribution is 8.02. The maximum Gasteiger partial charge on any atom is 0.214 e. The van der Waals surface area contributed by atoms with Gasteiger partial charge in [0.05, 0.1) is 18.7 Å². The average molecular weight is 295 g/mol. The molecule has 2 aromatic rings. The Balaban J connectivity index is 1.88. The summed E-state index contributed by atoms with van der Waals surface area (Å²) in [4.78, 5) is 0. The molecular formula is C12H13ClN5S+. The van der Waals surface area contributed by atoms with E-state index in [9.17, 15) is 0 Å². The van der Waals surface area contributed by atoms with Crippen LogP contribution in [0.4, 0.5) is 0 Å². The molecular weight excluding hydrogens is 282 g/mol. The van der Waals surface area contributed by atoms with Crippen LogP contribution >= 0.6 is 23.4 Å². The van der Waals surface area contributed by atoms with Crippen LogP contribution in [0.5, 0.6) is 0 Å². The lowest BCUT2D eigenvalue weighted by Gasteiger charge is -2.18. The van der Waals surface area contributed by atoms with Crippen molar-refractivity contribution >= 4 is 29.1 Å². The highest BCUT2D eigenvalue weighted by Crippen LogP contribution is 2.28. The smallest absolute Gasteiger partial charge is 0.214 e. The molecule has 0 unspecified atom stereocenters. The van der Waals surface area contributed by atoms with Crippen molar-refractivity contribution in [2.24, 2.45) is 0 Å². The van der Waals surface area contributed by atoms with Gasteiger partial charge in [-0.25, -0.2) is 4.68 Å². The summed E-state index contributed by atoms with van der Waals surface area (Å²) in [6.07, 6.45) is 0.800. The minimum atomic E-state index is 0.732. The standard InChI is InChI=1S/C12H12ClN5S/c13-9-3-1-8(2-4-9)10-7-19-12-16-15-11(5-6-14)18(12)17-10/h1-4,7,17H,5-6,14H2/p+1. The van der Waals surface area contributed by atoms with Crippen LogP contribution in [-0.2, 0) is 6.42 Å². The van der Waals surface area contributed by atoms with Crippen LogP contribution in [0.2, 0.25) is 5.02 Å². The molecule has 1 aliphatic rings. The van der Waals surface area contributed by atoms with E-state index in [0.29, 0.717) is 0 Å². The molecule has 0 saturated heterocycles. The van der Waals surface area contributed by atoms with Crippen LogP contribution in [0.1, 0.15) is 11.4 Å². The molecule has 0 saturated carbocycles. The van der Waals surface area contributed by atoms with Crippen molar-refractivity contribution in [3.8, 4) is 0 Å². The topological polar surface area (TPSA) is 70.4 Å². The van der Waals surface area contributed by atoms with Crippen molar-refractivity contribution in [2.75, 3.05) is 12.0 Å². The zero-order valence-corrected chi connectivity index (χ0v) is 11.7. The number of nitrogens with one attached hydrogen (secondary N) is 1. The number of quaternary nitrogens is 1. The number of benzene rings is 1. The number of hydrogen-bond donors (Lipinski definition) is 2. The van der Waals surface area contributed by atoms with Crippen LogP contribution in [0.15, 0.2) is 34.8 Å². The fourth-order valence-corrected chi connectivity index (χ4v) is 2.71. The minimum Gasteiger partial charge on any atom is -0.357 e. The minimum absolute atomic E-state index is 0.732. The third-order valence-electron chi connectivity index (χ3n) is 2.77. The van der Waals surface area contributed by atoms with E-state index in [-0.39, 0.29) is 0 Å². The normalized spacial score (nSPS) is 13.7. The predicted molar refractivity (Wildman–Crippen MR) is 76.1 cm³/mol. The Bertz CT molecular complexity index is 620. The van der Waals surface area contributed by atoms with Gasteiger partial charge in [0, 0.05) is 16.0 Å². The fraction of sp³-hybridized carbons (Fsp3) is 0.167. The number of nitrogens with zero attached hydrogens (tertiary/aromatic N) is 3. The van der Waals surface area contributed by atoms with Gasteiger partial charge in [-0.3, -0.25) is 5.43 Å². The van der Waals surface area contributed by atoms with Crippen molar-refractivity contribution in [1.82, 2.24) is 14.9 Å². The van der Waals surface area contributed by atoms with Gasteiger partial charge in [-0.1, -0.05) is 35.5 Å². The molecule has 1 aromatic heterocycles. The molecule has 19 heavy (non-hydrogen) atoms. The molecule has 3 rings (SSSR count). The largest absolute Gasteiger partial charge is 0.357 e. The summed E-state index contributed by atoms with van der Waals surface area (Å²) in [7, 11) is 0. The van der Waals surface area contributed by atoms with Gasteiger partial charge < -0.3 is 5.73 Å². The summed E-state index contributed by atoms with van der Waals surface area (Å²) < 4.78 is 1.92. The predicted octanol–water partition coefficient (Wildman–Crippen LogP) is 1.36. The van der Waals surface area contributed by atoms with E-state index in [2.05, 4.69) is 21.4 Å². The lowest BCUT2D eigenvalue weighted by atomic mass is 10.2. The summed E-state index contributed by atoms with van der Waals surface area (Å²) in [5.74, 6) is 0.900. The molecule has 1 aliphatic heterocycles. The highest BCUT2D eigenvalue weighted by Gasteiger charge is 2.18. The molecule has 98 valence electrons. The highest BCUT2D eigenvalue weighted by atomic mass is 35.5. The van der Waals surface area contributed by atoms with Gasteiger partial charge in [0.2, 0.25) is 5.16 Å². The second-order valence-corrected chi connectivity index (χ2v) is 5.38. The van der Waals surface area contributed by atoms with E-state index < -0.39 is 0 Å². The first kappa shape index (κ1) is 12.5. The number of rotatable bonds is 3. The Hall–Kier alpha value is -1.50. The van der Waals surface area contributed by atoms with Crippen LogP contribution in [-0.4, -0.2) is 21.4 Å². The number of halogens is 1. The molecule has 0 aliphatic carbocycles. The van der Waals surface area contributed by atoms with Crippen molar-refractivity contribution in [2.45, 2.75) is 11.6 Å². The van der Waals surface area contributed by atoms with Crippen LogP contribution in [0.25, 0.3) is 5.70 Å². The van der Waals surface area contributed by atoms with Gasteiger partial charge in [-0.2, -0.15) is 0 Å². The van der Waals surface area contributed by atoms with Gasteiger partial charge in [0.15, 0.2) is 5.82 Å². The third-order valence-corrected chi connectivity index (χ3v) is 3.85. The van der Waals surface area contributed by atoms with Gasteiger partial charge in [0.25, 0.3) is 0 Å². The van der Waals surface area contributed by atoms with Crippen LogP contribution in [0.3, 0.4) is 0 Å². The Morgan fingerprint density at radius 2 is 2.05 bits per heavy atom. The maximum atomic E-state index is 5.90. The maximum absolute atomic E-state index is 5.90. The van der Waals surface area contributed by atoms with Crippen LogP contribution in [0, 0.1) is 0 Å². The van der Waals surface area contributed by atoms with Gasteiger partial charge in [-0.15, -0.1) is 10.2 Å². The van der Waals surface area contributed by atoms with E-state index in [1.165, 1.54) is 0 Å². The molecule has 4 N–H and O–H groups in total. The van der Waals surface area contributed by atoms with Crippen molar-refractivity contribution in [3.63, 3.8) is 0 Å². The number of fused-ring (bicyclic) bond motifs is 1. The Morgan fingerprint density at radius 1 is 1.26 bits per heavy atom. The van der Waals surface area contributed by atoms with Crippen molar-refractivity contribution in [1.29, 1.82) is 0 Å². The molecule has 2 heterocycles. The van der Waals surface area contributed by atoms with E-state index in [1.54, 1.807) is 11.8 Å². The van der Waals surface area contributed by atoms with Crippen LogP contribution < -0.4 is 11.2 Å². The van der Waals surface area contributed by atoms with E-state index in [1.807, 2.05) is 34.3 Å². The van der Waals surface area contributed by atoms with Gasteiger partial charge in [-0.05, 0) is 12.1 Å². The first-order valence-electron chi connectivity index (χ1n) is 5.91. The molecule has 0 fully saturated rings. The zero-order chi connectivity index (χ0) is 13.2. The first-order chi connectivity index (χ1) is 9.28. The molecule has 1 aromatic carbocycles. The Morgan fingerprint density at radius 3 is 2.79 bits per heavy atom. The Kier molecular flexibility index (Phi) is 3.46. The van der Waals surface area contributed by atoms with E-state index in [0.717, 1.165) is 40.2 Å². The molecule has 7 heteroatoms. The van der Waals surface area contributed by atoms with Crippen molar-refractivity contribution < 1.29 is 5.73 Å². The fourth-order valence-electron chi connectivity index (χ4n) is 1.83.